The molecule has 2 rings (SSSR count). The van der Waals surface area contributed by atoms with Crippen molar-refractivity contribution in [3.63, 3.8) is 0 Å². The zero-order valence-corrected chi connectivity index (χ0v) is 13.7. The lowest BCUT2D eigenvalue weighted by atomic mass is 9.97. The Balaban J connectivity index is 2.27. The summed E-state index contributed by atoms with van der Waals surface area (Å²) in [6, 6.07) is 1.93. The van der Waals surface area contributed by atoms with Crippen molar-refractivity contribution in [1.82, 2.24) is 15.3 Å². The average molecular weight is 287 g/mol. The Bertz CT molecular complexity index is 581. The number of aromatic nitrogens is 2. The Kier molecular flexibility index (Phi) is 5.12. The molecule has 0 radical (unpaired) electrons. The highest BCUT2D eigenvalue weighted by molar-refractivity contribution is 5.57. The van der Waals surface area contributed by atoms with Gasteiger partial charge in [-0.2, -0.15) is 0 Å². The lowest BCUT2D eigenvalue weighted by Gasteiger charge is -2.17. The van der Waals surface area contributed by atoms with Crippen molar-refractivity contribution in [3.8, 4) is 11.4 Å². The van der Waals surface area contributed by atoms with Gasteiger partial charge in [-0.3, -0.25) is 0 Å². The van der Waals surface area contributed by atoms with Gasteiger partial charge < -0.3 is 9.73 Å². The summed E-state index contributed by atoms with van der Waals surface area (Å²) in [5, 5.41) is 3.47. The van der Waals surface area contributed by atoms with Gasteiger partial charge in [-0.15, -0.1) is 0 Å². The Morgan fingerprint density at radius 2 is 1.86 bits per heavy atom. The predicted octanol–water partition coefficient (Wildman–Crippen LogP) is 3.76. The molecule has 0 aliphatic rings. The van der Waals surface area contributed by atoms with E-state index in [0.29, 0.717) is 5.92 Å². The second-order valence-corrected chi connectivity index (χ2v) is 5.63. The molecule has 2 aromatic heterocycles. The van der Waals surface area contributed by atoms with Gasteiger partial charge in [0.15, 0.2) is 5.82 Å². The predicted molar refractivity (Wildman–Crippen MR) is 85.5 cm³/mol. The van der Waals surface area contributed by atoms with Gasteiger partial charge in [0.2, 0.25) is 0 Å². The third-order valence-corrected chi connectivity index (χ3v) is 3.80. The van der Waals surface area contributed by atoms with E-state index < -0.39 is 0 Å². The van der Waals surface area contributed by atoms with Crippen LogP contribution in [0.3, 0.4) is 0 Å². The normalized spacial score (nSPS) is 12.6. The Hall–Kier alpha value is -1.68. The molecule has 1 unspecified atom stereocenters. The Labute approximate surface area is 127 Å². The van der Waals surface area contributed by atoms with Crippen LogP contribution in [-0.4, -0.2) is 23.1 Å². The lowest BCUT2D eigenvalue weighted by molar-refractivity contribution is 0.535. The van der Waals surface area contributed by atoms with Crippen LogP contribution in [0.25, 0.3) is 11.4 Å². The molecule has 1 atom stereocenters. The molecule has 0 saturated heterocycles. The molecule has 0 bridgehead atoms. The minimum atomic E-state index is 0.413. The fourth-order valence-electron chi connectivity index (χ4n) is 2.77. The van der Waals surface area contributed by atoms with Crippen molar-refractivity contribution in [2.75, 3.05) is 13.1 Å². The number of hydrogen-bond acceptors (Lipinski definition) is 4. The highest BCUT2D eigenvalue weighted by Crippen LogP contribution is 2.26. The van der Waals surface area contributed by atoms with Crippen molar-refractivity contribution >= 4 is 0 Å². The number of aryl methyl sites for hydroxylation is 3. The van der Waals surface area contributed by atoms with E-state index >= 15 is 0 Å². The van der Waals surface area contributed by atoms with Crippen molar-refractivity contribution < 1.29 is 4.42 Å². The van der Waals surface area contributed by atoms with E-state index in [1.54, 1.807) is 6.26 Å². The maximum atomic E-state index is 5.35. The molecule has 0 saturated carbocycles. The Morgan fingerprint density at radius 1 is 1.19 bits per heavy atom. The molecule has 0 spiro atoms. The first-order valence-electron chi connectivity index (χ1n) is 7.64. The number of furan rings is 1. The smallest absolute Gasteiger partial charge is 0.163 e. The van der Waals surface area contributed by atoms with Crippen molar-refractivity contribution in [2.24, 2.45) is 0 Å². The van der Waals surface area contributed by atoms with Gasteiger partial charge in [-0.1, -0.05) is 13.8 Å². The van der Waals surface area contributed by atoms with E-state index in [9.17, 15) is 0 Å². The van der Waals surface area contributed by atoms with Crippen LogP contribution in [0.2, 0.25) is 0 Å². The molecule has 0 fully saturated rings. The highest BCUT2D eigenvalue weighted by atomic mass is 16.3. The molecule has 0 amide bonds. The summed E-state index contributed by atoms with van der Waals surface area (Å²) in [7, 11) is 0. The first kappa shape index (κ1) is 15.7. The summed E-state index contributed by atoms with van der Waals surface area (Å²) in [4.78, 5) is 9.38. The van der Waals surface area contributed by atoms with Crippen molar-refractivity contribution in [1.29, 1.82) is 0 Å². The standard InChI is InChI=1S/C17H25N3O/c1-6-8-18-10-11(2)16-12(3)19-17(20-13(16)4)15-7-9-21-14(15)5/h7,9,11,18H,6,8,10H2,1-5H3. The number of nitrogens with one attached hydrogen (secondary N) is 1. The largest absolute Gasteiger partial charge is 0.469 e. The van der Waals surface area contributed by atoms with Crippen molar-refractivity contribution in [2.45, 2.75) is 47.0 Å². The molecule has 4 heteroatoms. The fraction of sp³-hybridized carbons (Fsp3) is 0.529. The maximum Gasteiger partial charge on any atom is 0.163 e. The topological polar surface area (TPSA) is 51.0 Å². The van der Waals surface area contributed by atoms with Gasteiger partial charge in [-0.05, 0) is 51.3 Å². The summed E-state index contributed by atoms with van der Waals surface area (Å²) in [5.41, 5.74) is 4.35. The van der Waals surface area contributed by atoms with Gasteiger partial charge in [0.25, 0.3) is 0 Å². The third kappa shape index (κ3) is 3.50. The number of hydrogen-bond donors (Lipinski definition) is 1. The fourth-order valence-corrected chi connectivity index (χ4v) is 2.77. The van der Waals surface area contributed by atoms with Crippen molar-refractivity contribution in [3.05, 3.63) is 35.0 Å². The second kappa shape index (κ2) is 6.85. The monoisotopic (exact) mass is 287 g/mol. The van der Waals surface area contributed by atoms with Gasteiger partial charge in [0.1, 0.15) is 5.76 Å². The van der Waals surface area contributed by atoms with Crippen LogP contribution < -0.4 is 5.32 Å². The minimum Gasteiger partial charge on any atom is -0.469 e. The van der Waals surface area contributed by atoms with Gasteiger partial charge in [-0.25, -0.2) is 9.97 Å². The summed E-state index contributed by atoms with van der Waals surface area (Å²) in [5.74, 6) is 2.03. The van der Waals surface area contributed by atoms with Crippen LogP contribution in [0.5, 0.6) is 0 Å². The third-order valence-electron chi connectivity index (χ3n) is 3.80. The van der Waals surface area contributed by atoms with Crippen LogP contribution in [-0.2, 0) is 0 Å². The molecule has 2 aromatic rings. The van der Waals surface area contributed by atoms with Gasteiger partial charge in [0, 0.05) is 17.9 Å². The summed E-state index contributed by atoms with van der Waals surface area (Å²) < 4.78 is 5.35. The van der Waals surface area contributed by atoms with E-state index in [1.165, 1.54) is 5.56 Å². The second-order valence-electron chi connectivity index (χ2n) is 5.63. The summed E-state index contributed by atoms with van der Waals surface area (Å²) in [6.07, 6.45) is 2.84. The number of nitrogens with zero attached hydrogens (tertiary/aromatic N) is 2. The quantitative estimate of drug-likeness (QED) is 0.822. The molecular weight excluding hydrogens is 262 g/mol. The molecular formula is C17H25N3O. The van der Waals surface area contributed by atoms with E-state index in [-0.39, 0.29) is 0 Å². The highest BCUT2D eigenvalue weighted by Gasteiger charge is 2.17. The molecule has 0 aromatic carbocycles. The van der Waals surface area contributed by atoms with Crippen LogP contribution in [0, 0.1) is 20.8 Å². The van der Waals surface area contributed by atoms with Crippen LogP contribution in [0.1, 0.15) is 48.9 Å². The van der Waals surface area contributed by atoms with Crippen LogP contribution >= 0.6 is 0 Å². The molecule has 2 heterocycles. The first-order chi connectivity index (χ1) is 10.0. The van der Waals surface area contributed by atoms with Crippen LogP contribution in [0.4, 0.5) is 0 Å². The molecule has 21 heavy (non-hydrogen) atoms. The zero-order chi connectivity index (χ0) is 15.4. The minimum absolute atomic E-state index is 0.413. The molecule has 0 aliphatic carbocycles. The average Bonchev–Trinajstić information content (AvgIpc) is 2.84. The van der Waals surface area contributed by atoms with E-state index in [2.05, 4.69) is 43.0 Å². The van der Waals surface area contributed by atoms with Gasteiger partial charge >= 0.3 is 0 Å². The van der Waals surface area contributed by atoms with Gasteiger partial charge in [0.05, 0.1) is 11.8 Å². The van der Waals surface area contributed by atoms with E-state index in [1.807, 2.05) is 13.0 Å². The van der Waals surface area contributed by atoms with E-state index in [0.717, 1.165) is 48.0 Å². The Morgan fingerprint density at radius 3 is 2.38 bits per heavy atom. The van der Waals surface area contributed by atoms with Crippen LogP contribution in [0.15, 0.2) is 16.7 Å². The molecule has 0 aliphatic heterocycles. The molecule has 114 valence electrons. The molecule has 4 nitrogen and oxygen atoms in total. The summed E-state index contributed by atoms with van der Waals surface area (Å²) >= 11 is 0. The summed E-state index contributed by atoms with van der Waals surface area (Å²) in [6.45, 7) is 12.5. The maximum absolute atomic E-state index is 5.35. The zero-order valence-electron chi connectivity index (χ0n) is 13.7. The number of rotatable bonds is 6. The molecule has 1 N–H and O–H groups in total. The first-order valence-corrected chi connectivity index (χ1v) is 7.64. The lowest BCUT2D eigenvalue weighted by Crippen LogP contribution is -2.22. The van der Waals surface area contributed by atoms with E-state index in [4.69, 9.17) is 4.42 Å². The SMILES string of the molecule is CCCNCC(C)c1c(C)nc(-c2ccoc2C)nc1C.